The van der Waals surface area contributed by atoms with E-state index in [4.69, 9.17) is 21.1 Å². The fourth-order valence-corrected chi connectivity index (χ4v) is 7.90. The van der Waals surface area contributed by atoms with Crippen LogP contribution in [0.4, 0.5) is 35.9 Å². The van der Waals surface area contributed by atoms with Gasteiger partial charge in [0.1, 0.15) is 11.1 Å². The zero-order chi connectivity index (χ0) is 43.0. The van der Waals surface area contributed by atoms with E-state index in [-0.39, 0.29) is 25.7 Å². The second kappa shape index (κ2) is 19.7. The number of nitrogens with one attached hydrogen (secondary N) is 1. The van der Waals surface area contributed by atoms with Crippen LogP contribution in [0.25, 0.3) is 0 Å². The number of anilines is 4. The predicted molar refractivity (Wildman–Crippen MR) is 231 cm³/mol. The molecule has 0 saturated carbocycles. The average molecular weight is 841 g/mol. The summed E-state index contributed by atoms with van der Waals surface area (Å²) in [6, 6.07) is 30.3. The van der Waals surface area contributed by atoms with Gasteiger partial charge in [-0.1, -0.05) is 49.2 Å². The Morgan fingerprint density at radius 2 is 1.17 bits per heavy atom. The molecule has 8 nitrogen and oxygen atoms in total. The molecule has 0 bridgehead atoms. The van der Waals surface area contributed by atoms with Gasteiger partial charge in [0.05, 0.1) is 53.7 Å². The fraction of sp³-hybridized carbons (Fsp3) is 0.312. The van der Waals surface area contributed by atoms with E-state index in [0.717, 1.165) is 48.4 Å². The number of nitrogens with zero attached hydrogens (tertiary/aromatic N) is 2. The molecule has 0 aromatic heterocycles. The first kappa shape index (κ1) is 44.1. The Balaban J connectivity index is 1.39. The zero-order valence-electron chi connectivity index (χ0n) is 34.3. The van der Waals surface area contributed by atoms with Crippen molar-refractivity contribution < 1.29 is 37.3 Å². The minimum absolute atomic E-state index is 0.0106. The minimum Gasteiger partial charge on any atom is -0.473 e. The lowest BCUT2D eigenvalue weighted by Crippen LogP contribution is -2.34. The van der Waals surface area contributed by atoms with Gasteiger partial charge in [-0.25, -0.2) is 9.18 Å². The van der Waals surface area contributed by atoms with E-state index in [0.29, 0.717) is 41.3 Å². The number of unbranched alkanes of at least 4 members (excludes halogenated alkanes) is 3. The van der Waals surface area contributed by atoms with E-state index in [9.17, 15) is 14.7 Å². The summed E-state index contributed by atoms with van der Waals surface area (Å²) in [7, 11) is 3.82. The molecule has 1 aliphatic carbocycles. The number of halogens is 4. The van der Waals surface area contributed by atoms with Gasteiger partial charge in [0, 0.05) is 55.6 Å². The monoisotopic (exact) mass is 840 g/mol. The predicted octanol–water partition coefficient (Wildman–Crippen LogP) is 10.6. The van der Waals surface area contributed by atoms with Crippen molar-refractivity contribution in [2.75, 3.05) is 62.7 Å². The highest BCUT2D eigenvalue weighted by molar-refractivity contribution is 6.17. The van der Waals surface area contributed by atoms with Crippen LogP contribution in [0.5, 0.6) is 0 Å². The molecule has 12 heteroatoms. The third kappa shape index (κ3) is 9.28. The van der Waals surface area contributed by atoms with E-state index >= 15 is 13.2 Å². The highest BCUT2D eigenvalue weighted by Gasteiger charge is 2.48. The number of carbonyl (C=O) groups excluding carboxylic acids is 1. The number of hydrogen-bond acceptors (Lipinski definition) is 6. The maximum atomic E-state index is 17.2. The third-order valence-electron chi connectivity index (χ3n) is 11.0. The van der Waals surface area contributed by atoms with Crippen LogP contribution in [0, 0.1) is 23.4 Å². The van der Waals surface area contributed by atoms with Crippen LogP contribution in [0.2, 0.25) is 0 Å². The Labute approximate surface area is 354 Å². The summed E-state index contributed by atoms with van der Waals surface area (Å²) < 4.78 is 60.3. The van der Waals surface area contributed by atoms with E-state index in [2.05, 4.69) is 5.32 Å². The second-order valence-electron chi connectivity index (χ2n) is 15.2. The van der Waals surface area contributed by atoms with E-state index in [1.807, 2.05) is 123 Å². The van der Waals surface area contributed by atoms with Crippen molar-refractivity contribution in [2.45, 2.75) is 44.9 Å². The molecule has 0 fully saturated rings. The normalized spacial score (nSPS) is 12.8. The smallest absolute Gasteiger partial charge is 0.364 e. The van der Waals surface area contributed by atoms with Crippen LogP contribution in [-0.2, 0) is 14.9 Å². The summed E-state index contributed by atoms with van der Waals surface area (Å²) in [5.74, 6) is -7.72. The lowest BCUT2D eigenvalue weighted by atomic mass is 9.63. The first-order valence-electron chi connectivity index (χ1n) is 20.1. The maximum Gasteiger partial charge on any atom is 0.364 e. The molecule has 0 aliphatic heterocycles. The number of benzene rings is 5. The Morgan fingerprint density at radius 3 is 1.68 bits per heavy atom. The van der Waals surface area contributed by atoms with Crippen LogP contribution < -0.4 is 15.1 Å². The quantitative estimate of drug-likeness (QED) is 0.0370. The standard InChI is InChI=1S/C48H49ClF3N3O5/c1-48(2)37-29-33(54(3)31-15-9-7-10-16-31)19-21-35(37)39(36-22-20-34(30-38(36)48)55(4)32-17-11-8-12-18-32)40-41(47(57)58)44(51)45(52)42(43(40)50)46(56)53-24-26-60-28-27-59-25-14-6-5-13-23-49/h7-12,15-22,29-30H,5-6,13-14,23-28H2,1-4H3,(H-,53,56,57,58)/p+1. The number of carboxylic acids is 1. The average Bonchev–Trinajstić information content (AvgIpc) is 3.25. The summed E-state index contributed by atoms with van der Waals surface area (Å²) in [5, 5.41) is 12.8. The molecule has 0 atom stereocenters. The Morgan fingerprint density at radius 1 is 0.667 bits per heavy atom. The van der Waals surface area contributed by atoms with Gasteiger partial charge in [0.25, 0.3) is 5.91 Å². The molecule has 2 N–H and O–H groups in total. The highest BCUT2D eigenvalue weighted by atomic mass is 35.5. The molecule has 5 aromatic carbocycles. The molecule has 1 amide bonds. The molecule has 60 heavy (non-hydrogen) atoms. The molecule has 0 heterocycles. The minimum atomic E-state index is -1.90. The fourth-order valence-electron chi connectivity index (χ4n) is 7.71. The van der Waals surface area contributed by atoms with Gasteiger partial charge in [-0.15, -0.1) is 11.6 Å². The summed E-state index contributed by atoms with van der Waals surface area (Å²) in [6.45, 7) is 4.98. The van der Waals surface area contributed by atoms with Crippen molar-refractivity contribution in [3.8, 4) is 0 Å². The van der Waals surface area contributed by atoms with Crippen molar-refractivity contribution in [3.63, 3.8) is 0 Å². The number of alkyl halides is 1. The molecule has 1 aliphatic rings. The third-order valence-corrected chi connectivity index (χ3v) is 11.3. The Bertz CT molecular complexity index is 2190. The molecule has 0 radical (unpaired) electrons. The Hall–Kier alpha value is -5.49. The van der Waals surface area contributed by atoms with Gasteiger partial charge < -0.3 is 29.7 Å². The van der Waals surface area contributed by atoms with Gasteiger partial charge in [0.2, 0.25) is 0 Å². The molecular formula is C48H50ClF3N3O5+. The topological polar surface area (TPSA) is 91.3 Å². The lowest BCUT2D eigenvalue weighted by Gasteiger charge is -2.37. The number of carbonyl (C=O) groups is 2. The number of amides is 1. The number of rotatable bonds is 19. The number of hydrogen-bond donors (Lipinski definition) is 2. The summed E-state index contributed by atoms with van der Waals surface area (Å²) in [4.78, 5) is 30.4. The van der Waals surface area contributed by atoms with Crippen LogP contribution >= 0.6 is 11.6 Å². The first-order chi connectivity index (χ1) is 28.9. The molecular weight excluding hydrogens is 791 g/mol. The van der Waals surface area contributed by atoms with Gasteiger partial charge in [-0.2, -0.15) is 8.78 Å². The Kier molecular flexibility index (Phi) is 14.5. The van der Waals surface area contributed by atoms with Crippen LogP contribution in [-0.4, -0.2) is 69.9 Å². The van der Waals surface area contributed by atoms with Gasteiger partial charge in [-0.3, -0.25) is 4.79 Å². The van der Waals surface area contributed by atoms with E-state index in [1.54, 1.807) is 12.1 Å². The van der Waals surface area contributed by atoms with Crippen LogP contribution in [0.3, 0.4) is 0 Å². The maximum absolute atomic E-state index is 17.2. The van der Waals surface area contributed by atoms with Crippen LogP contribution in [0.1, 0.15) is 88.1 Å². The summed E-state index contributed by atoms with van der Waals surface area (Å²) in [6.07, 6.45) is 3.91. The van der Waals surface area contributed by atoms with Crippen molar-refractivity contribution >= 4 is 46.2 Å². The van der Waals surface area contributed by atoms with Gasteiger partial charge in [-0.05, 0) is 87.4 Å². The van der Waals surface area contributed by atoms with Gasteiger partial charge in [0.15, 0.2) is 23.0 Å². The second-order valence-corrected chi connectivity index (χ2v) is 15.6. The zero-order valence-corrected chi connectivity index (χ0v) is 35.1. The number of fused-ring (bicyclic) bond motifs is 2. The van der Waals surface area contributed by atoms with Crippen molar-refractivity contribution in [2.24, 2.45) is 0 Å². The van der Waals surface area contributed by atoms with Crippen molar-refractivity contribution in [1.82, 2.24) is 5.32 Å². The molecule has 5 aromatic rings. The highest BCUT2D eigenvalue weighted by Crippen LogP contribution is 2.52. The SMILES string of the molecule is CN(c1ccccc1)c1ccc2c(c1)C(C)(C)c1cc(N(C)c3ccccc3)ccc1[C+]2c1c(F)c(C(=O)NCCOCCOCCCCCCCl)c(F)c(F)c1C(=O)O. The van der Waals surface area contributed by atoms with Crippen molar-refractivity contribution in [1.29, 1.82) is 0 Å². The van der Waals surface area contributed by atoms with Crippen molar-refractivity contribution in [3.05, 3.63) is 159 Å². The lowest BCUT2D eigenvalue weighted by molar-refractivity contribution is 0.0468. The number of aromatic carboxylic acids is 1. The van der Waals surface area contributed by atoms with E-state index in [1.165, 1.54) is 0 Å². The van der Waals surface area contributed by atoms with Gasteiger partial charge >= 0.3 is 5.97 Å². The first-order valence-corrected chi connectivity index (χ1v) is 20.6. The molecule has 0 spiro atoms. The largest absolute Gasteiger partial charge is 0.473 e. The molecule has 0 unspecified atom stereocenters. The van der Waals surface area contributed by atoms with E-state index < -0.39 is 51.4 Å². The summed E-state index contributed by atoms with van der Waals surface area (Å²) in [5.41, 5.74) is 1.61. The molecule has 0 saturated heterocycles. The molecule has 314 valence electrons. The van der Waals surface area contributed by atoms with Crippen LogP contribution in [0.15, 0.2) is 97.1 Å². The molecule has 6 rings (SSSR count). The summed E-state index contributed by atoms with van der Waals surface area (Å²) >= 11 is 5.70. The number of carboxylic acid groups (broad SMARTS) is 1. The number of ether oxygens (including phenoxy) is 2. The number of para-hydroxylation sites is 2.